The van der Waals surface area contributed by atoms with E-state index in [0.29, 0.717) is 12.1 Å². The Morgan fingerprint density at radius 3 is 1.96 bits per heavy atom. The van der Waals surface area contributed by atoms with Crippen LogP contribution < -0.4 is 10.2 Å². The zero-order valence-corrected chi connectivity index (χ0v) is 16.1. The Kier molecular flexibility index (Phi) is 6.24. The van der Waals surface area contributed by atoms with Gasteiger partial charge in [-0.15, -0.1) is 0 Å². The largest absolute Gasteiger partial charge is 0.372 e. The molecule has 2 aromatic rings. The van der Waals surface area contributed by atoms with Gasteiger partial charge >= 0.3 is 0 Å². The Labute approximate surface area is 152 Å². The molecule has 0 fully saturated rings. The summed E-state index contributed by atoms with van der Waals surface area (Å²) in [5.41, 5.74) is 4.36. The van der Waals surface area contributed by atoms with Crippen molar-refractivity contribution < 1.29 is 4.79 Å². The van der Waals surface area contributed by atoms with Crippen LogP contribution in [0.15, 0.2) is 48.5 Å². The molecular weight excluding hydrogens is 308 g/mol. The molecule has 0 aliphatic rings. The summed E-state index contributed by atoms with van der Waals surface area (Å²) >= 11 is 0. The van der Waals surface area contributed by atoms with Crippen molar-refractivity contribution in [2.75, 3.05) is 18.0 Å². The van der Waals surface area contributed by atoms with E-state index >= 15 is 0 Å². The van der Waals surface area contributed by atoms with E-state index in [-0.39, 0.29) is 11.3 Å². The number of carbonyl (C=O) groups is 1. The second kappa shape index (κ2) is 8.19. The number of nitrogens with zero attached hydrogens (tertiary/aromatic N) is 1. The Hall–Kier alpha value is -2.29. The van der Waals surface area contributed by atoms with Gasteiger partial charge in [0.1, 0.15) is 0 Å². The fourth-order valence-electron chi connectivity index (χ4n) is 2.82. The summed E-state index contributed by atoms with van der Waals surface area (Å²) in [6.45, 7) is 13.4. The molecule has 0 spiro atoms. The number of benzene rings is 2. The third kappa shape index (κ3) is 5.09. The summed E-state index contributed by atoms with van der Waals surface area (Å²) < 4.78 is 0. The summed E-state index contributed by atoms with van der Waals surface area (Å²) in [4.78, 5) is 14.6. The van der Waals surface area contributed by atoms with E-state index in [4.69, 9.17) is 0 Å². The molecule has 0 atom stereocenters. The van der Waals surface area contributed by atoms with Gasteiger partial charge in [-0.25, -0.2) is 0 Å². The maximum absolute atomic E-state index is 12.3. The predicted molar refractivity (Wildman–Crippen MR) is 106 cm³/mol. The molecule has 0 aromatic heterocycles. The SMILES string of the molecule is CCN(CC)c1ccc(CNC(=O)c2ccc(C(C)(C)C)cc2)cc1. The van der Waals surface area contributed by atoms with E-state index in [1.165, 1.54) is 11.3 Å². The molecular formula is C22H30N2O. The second-order valence-electron chi connectivity index (χ2n) is 7.35. The number of hydrogen-bond acceptors (Lipinski definition) is 2. The fourth-order valence-corrected chi connectivity index (χ4v) is 2.82. The fraction of sp³-hybridized carbons (Fsp3) is 0.409. The van der Waals surface area contributed by atoms with Crippen LogP contribution in [-0.4, -0.2) is 19.0 Å². The lowest BCUT2D eigenvalue weighted by Crippen LogP contribution is -2.23. The van der Waals surface area contributed by atoms with Crippen molar-refractivity contribution in [3.8, 4) is 0 Å². The highest BCUT2D eigenvalue weighted by Gasteiger charge is 2.14. The van der Waals surface area contributed by atoms with Gasteiger partial charge < -0.3 is 10.2 Å². The molecule has 0 aliphatic heterocycles. The summed E-state index contributed by atoms with van der Waals surface area (Å²) in [5.74, 6) is -0.0340. The van der Waals surface area contributed by atoms with Gasteiger partial charge in [0.05, 0.1) is 0 Å². The number of rotatable bonds is 6. The van der Waals surface area contributed by atoms with E-state index < -0.39 is 0 Å². The monoisotopic (exact) mass is 338 g/mol. The van der Waals surface area contributed by atoms with Crippen molar-refractivity contribution in [1.82, 2.24) is 5.32 Å². The lowest BCUT2D eigenvalue weighted by atomic mass is 9.87. The molecule has 2 rings (SSSR count). The van der Waals surface area contributed by atoms with Crippen molar-refractivity contribution in [3.05, 3.63) is 65.2 Å². The normalized spacial score (nSPS) is 11.2. The topological polar surface area (TPSA) is 32.3 Å². The highest BCUT2D eigenvalue weighted by Crippen LogP contribution is 2.22. The summed E-state index contributed by atoms with van der Waals surface area (Å²) in [5, 5.41) is 3.00. The van der Waals surface area contributed by atoms with Crippen molar-refractivity contribution in [3.63, 3.8) is 0 Å². The van der Waals surface area contributed by atoms with E-state index in [9.17, 15) is 4.79 Å². The lowest BCUT2D eigenvalue weighted by molar-refractivity contribution is 0.0951. The Balaban J connectivity index is 1.95. The number of hydrogen-bond donors (Lipinski definition) is 1. The first-order valence-electron chi connectivity index (χ1n) is 9.07. The van der Waals surface area contributed by atoms with Crippen LogP contribution in [0.2, 0.25) is 0 Å². The molecule has 134 valence electrons. The summed E-state index contributed by atoms with van der Waals surface area (Å²) in [6, 6.07) is 16.3. The molecule has 0 unspecified atom stereocenters. The van der Waals surface area contributed by atoms with Gasteiger partial charge in [-0.2, -0.15) is 0 Å². The quantitative estimate of drug-likeness (QED) is 0.823. The number of carbonyl (C=O) groups excluding carboxylic acids is 1. The van der Waals surface area contributed by atoms with Gasteiger partial charge in [0, 0.05) is 30.9 Å². The Morgan fingerprint density at radius 1 is 0.920 bits per heavy atom. The average molecular weight is 338 g/mol. The lowest BCUT2D eigenvalue weighted by Gasteiger charge is -2.21. The smallest absolute Gasteiger partial charge is 0.251 e. The number of nitrogens with one attached hydrogen (secondary N) is 1. The zero-order valence-electron chi connectivity index (χ0n) is 16.1. The van der Waals surface area contributed by atoms with Gasteiger partial charge in [-0.1, -0.05) is 45.0 Å². The Morgan fingerprint density at radius 2 is 1.48 bits per heavy atom. The van der Waals surface area contributed by atoms with Gasteiger partial charge in [-0.3, -0.25) is 4.79 Å². The van der Waals surface area contributed by atoms with E-state index in [1.54, 1.807) is 0 Å². The molecule has 2 aromatic carbocycles. The number of anilines is 1. The van der Waals surface area contributed by atoms with Gasteiger partial charge in [-0.05, 0) is 54.7 Å². The molecule has 1 N–H and O–H groups in total. The van der Waals surface area contributed by atoms with Crippen molar-refractivity contribution in [2.45, 2.75) is 46.6 Å². The molecule has 0 saturated carbocycles. The predicted octanol–water partition coefficient (Wildman–Crippen LogP) is 4.76. The molecule has 0 saturated heterocycles. The Bertz CT molecular complexity index is 677. The van der Waals surface area contributed by atoms with Gasteiger partial charge in [0.2, 0.25) is 0 Å². The maximum Gasteiger partial charge on any atom is 0.251 e. The molecule has 3 heteroatoms. The van der Waals surface area contributed by atoms with E-state index in [0.717, 1.165) is 18.7 Å². The number of amides is 1. The van der Waals surface area contributed by atoms with Crippen LogP contribution in [0.1, 0.15) is 56.1 Å². The molecule has 25 heavy (non-hydrogen) atoms. The zero-order chi connectivity index (χ0) is 18.4. The highest BCUT2D eigenvalue weighted by molar-refractivity contribution is 5.94. The van der Waals surface area contributed by atoms with Crippen molar-refractivity contribution in [1.29, 1.82) is 0 Å². The molecule has 3 nitrogen and oxygen atoms in total. The summed E-state index contributed by atoms with van der Waals surface area (Å²) in [7, 11) is 0. The summed E-state index contributed by atoms with van der Waals surface area (Å²) in [6.07, 6.45) is 0. The van der Waals surface area contributed by atoms with Crippen molar-refractivity contribution in [2.24, 2.45) is 0 Å². The minimum Gasteiger partial charge on any atom is -0.372 e. The van der Waals surface area contributed by atoms with Crippen LogP contribution in [0.25, 0.3) is 0 Å². The molecule has 0 aliphatic carbocycles. The molecule has 0 bridgehead atoms. The van der Waals surface area contributed by atoms with Crippen LogP contribution in [0.4, 0.5) is 5.69 Å². The van der Waals surface area contributed by atoms with Crippen molar-refractivity contribution >= 4 is 11.6 Å². The van der Waals surface area contributed by atoms with Gasteiger partial charge in [0.15, 0.2) is 0 Å². The molecule has 1 amide bonds. The van der Waals surface area contributed by atoms with E-state index in [1.807, 2.05) is 24.3 Å². The average Bonchev–Trinajstić information content (AvgIpc) is 2.61. The van der Waals surface area contributed by atoms with Crippen LogP contribution in [0, 0.1) is 0 Å². The minimum absolute atomic E-state index is 0.0340. The standard InChI is InChI=1S/C22H30N2O/c1-6-24(7-2)20-14-8-17(9-15-20)16-23-21(25)18-10-12-19(13-11-18)22(3,4)5/h8-15H,6-7,16H2,1-5H3,(H,23,25). The third-order valence-corrected chi connectivity index (χ3v) is 4.53. The van der Waals surface area contributed by atoms with E-state index in [2.05, 4.69) is 69.1 Å². The van der Waals surface area contributed by atoms with Crippen LogP contribution >= 0.6 is 0 Å². The second-order valence-corrected chi connectivity index (χ2v) is 7.35. The van der Waals surface area contributed by atoms with Gasteiger partial charge in [0.25, 0.3) is 5.91 Å². The van der Waals surface area contributed by atoms with Crippen LogP contribution in [0.3, 0.4) is 0 Å². The third-order valence-electron chi connectivity index (χ3n) is 4.53. The van der Waals surface area contributed by atoms with Crippen LogP contribution in [0.5, 0.6) is 0 Å². The minimum atomic E-state index is -0.0340. The first-order chi connectivity index (χ1) is 11.8. The first-order valence-corrected chi connectivity index (χ1v) is 9.07. The maximum atomic E-state index is 12.3. The molecule has 0 radical (unpaired) electrons. The first kappa shape index (κ1) is 19.0. The van der Waals surface area contributed by atoms with Crippen LogP contribution in [-0.2, 0) is 12.0 Å². The highest BCUT2D eigenvalue weighted by atomic mass is 16.1. The molecule has 0 heterocycles.